The van der Waals surface area contributed by atoms with Crippen molar-refractivity contribution in [3.05, 3.63) is 24.3 Å². The summed E-state index contributed by atoms with van der Waals surface area (Å²) in [5.41, 5.74) is 6.38. The number of nitrogens with one attached hydrogen (secondary N) is 1. The number of halogens is 3. The van der Waals surface area contributed by atoms with E-state index in [9.17, 15) is 13.2 Å². The van der Waals surface area contributed by atoms with E-state index in [2.05, 4.69) is 26.9 Å². The minimum atomic E-state index is -4.69. The number of alkyl halides is 3. The summed E-state index contributed by atoms with van der Waals surface area (Å²) in [6, 6.07) is 5.83. The first-order valence-corrected chi connectivity index (χ1v) is 8.50. The highest BCUT2D eigenvalue weighted by Crippen LogP contribution is 2.23. The van der Waals surface area contributed by atoms with Crippen LogP contribution in [-0.4, -0.2) is 42.9 Å². The number of benzene rings is 1. The molecule has 1 saturated heterocycles. The summed E-state index contributed by atoms with van der Waals surface area (Å²) in [6.07, 6.45) is 0.0446. The standard InChI is InChI=1S/C17H25F3N4O/c1-13(24-11-3-2-4-12-24)9-10-22-16(21)23-14-5-7-15(8-6-14)25-17(18,19)20/h5-8,13H,2-4,9-12H2,1H3,(H3,21,22,23). The molecule has 1 aromatic carbocycles. The Bertz CT molecular complexity index is 554. The molecule has 5 nitrogen and oxygen atoms in total. The lowest BCUT2D eigenvalue weighted by Gasteiger charge is -2.32. The van der Waals surface area contributed by atoms with Crippen LogP contribution in [0.4, 0.5) is 18.9 Å². The molecule has 2 rings (SSSR count). The molecule has 1 aliphatic rings. The molecular weight excluding hydrogens is 333 g/mol. The summed E-state index contributed by atoms with van der Waals surface area (Å²) in [5.74, 6) is -0.0285. The van der Waals surface area contributed by atoms with Crippen LogP contribution in [0.15, 0.2) is 29.3 Å². The third-order valence-electron chi connectivity index (χ3n) is 4.20. The Morgan fingerprint density at radius 3 is 2.48 bits per heavy atom. The Kier molecular flexibility index (Phi) is 6.92. The second-order valence-corrected chi connectivity index (χ2v) is 6.20. The van der Waals surface area contributed by atoms with Crippen molar-refractivity contribution in [2.75, 3.05) is 25.0 Å². The summed E-state index contributed by atoms with van der Waals surface area (Å²) in [5, 5.41) is 2.86. The van der Waals surface area contributed by atoms with Gasteiger partial charge in [-0.3, -0.25) is 4.99 Å². The van der Waals surface area contributed by atoms with Gasteiger partial charge in [0.25, 0.3) is 0 Å². The van der Waals surface area contributed by atoms with Gasteiger partial charge in [-0.2, -0.15) is 0 Å². The molecule has 3 N–H and O–H groups in total. The zero-order valence-electron chi connectivity index (χ0n) is 14.4. The highest BCUT2D eigenvalue weighted by Gasteiger charge is 2.30. The Balaban J connectivity index is 1.76. The number of nitrogens with two attached hydrogens (primary N) is 1. The molecule has 1 aromatic rings. The molecule has 1 aliphatic heterocycles. The van der Waals surface area contributed by atoms with Gasteiger partial charge in [-0.15, -0.1) is 13.2 Å². The summed E-state index contributed by atoms with van der Waals surface area (Å²) in [4.78, 5) is 6.76. The molecule has 0 amide bonds. The number of hydrogen-bond donors (Lipinski definition) is 2. The van der Waals surface area contributed by atoms with Crippen molar-refractivity contribution in [3.8, 4) is 5.75 Å². The fraction of sp³-hybridized carbons (Fsp3) is 0.588. The number of hydrogen-bond acceptors (Lipinski definition) is 3. The fourth-order valence-corrected chi connectivity index (χ4v) is 2.84. The van der Waals surface area contributed by atoms with Gasteiger partial charge in [0, 0.05) is 18.3 Å². The minimum absolute atomic E-state index is 0.246. The molecule has 25 heavy (non-hydrogen) atoms. The SMILES string of the molecule is CC(CCN=C(N)Nc1ccc(OC(F)(F)F)cc1)N1CCCCC1. The van der Waals surface area contributed by atoms with E-state index in [-0.39, 0.29) is 11.7 Å². The second-order valence-electron chi connectivity index (χ2n) is 6.20. The summed E-state index contributed by atoms with van der Waals surface area (Å²) >= 11 is 0. The summed E-state index contributed by atoms with van der Waals surface area (Å²) < 4.78 is 40.1. The zero-order valence-corrected chi connectivity index (χ0v) is 14.4. The molecule has 1 heterocycles. The third-order valence-corrected chi connectivity index (χ3v) is 4.20. The van der Waals surface area contributed by atoms with Crippen LogP contribution in [0.3, 0.4) is 0 Å². The average Bonchev–Trinajstić information content (AvgIpc) is 2.56. The molecule has 140 valence electrons. The van der Waals surface area contributed by atoms with Gasteiger partial charge in [-0.1, -0.05) is 6.42 Å². The van der Waals surface area contributed by atoms with E-state index in [0.29, 0.717) is 18.3 Å². The molecular formula is C17H25F3N4O. The van der Waals surface area contributed by atoms with E-state index in [1.54, 1.807) is 0 Å². The highest BCUT2D eigenvalue weighted by molar-refractivity contribution is 5.92. The number of rotatable bonds is 6. The van der Waals surface area contributed by atoms with Crippen LogP contribution in [0, 0.1) is 0 Å². The fourth-order valence-electron chi connectivity index (χ4n) is 2.84. The van der Waals surface area contributed by atoms with E-state index in [0.717, 1.165) is 19.5 Å². The molecule has 1 unspecified atom stereocenters. The maximum absolute atomic E-state index is 12.1. The van der Waals surface area contributed by atoms with Crippen molar-refractivity contribution >= 4 is 11.6 Å². The maximum Gasteiger partial charge on any atom is 0.573 e. The van der Waals surface area contributed by atoms with E-state index >= 15 is 0 Å². The number of aliphatic imine (C=N–C) groups is 1. The molecule has 0 aromatic heterocycles. The number of anilines is 1. The summed E-state index contributed by atoms with van der Waals surface area (Å²) in [7, 11) is 0. The Morgan fingerprint density at radius 2 is 1.88 bits per heavy atom. The highest BCUT2D eigenvalue weighted by atomic mass is 19.4. The Labute approximate surface area is 146 Å². The third kappa shape index (κ3) is 7.21. The van der Waals surface area contributed by atoms with Gasteiger partial charge in [0.1, 0.15) is 5.75 Å². The van der Waals surface area contributed by atoms with Crippen LogP contribution < -0.4 is 15.8 Å². The van der Waals surface area contributed by atoms with Crippen molar-refractivity contribution in [3.63, 3.8) is 0 Å². The number of nitrogens with zero attached hydrogens (tertiary/aromatic N) is 2. The number of piperidine rings is 1. The lowest BCUT2D eigenvalue weighted by atomic mass is 10.1. The van der Waals surface area contributed by atoms with Gasteiger partial charge in [0.15, 0.2) is 5.96 Å². The van der Waals surface area contributed by atoms with Crippen molar-refractivity contribution < 1.29 is 17.9 Å². The van der Waals surface area contributed by atoms with Crippen LogP contribution in [0.5, 0.6) is 5.75 Å². The second kappa shape index (κ2) is 8.94. The van der Waals surface area contributed by atoms with Gasteiger partial charge in [-0.25, -0.2) is 0 Å². The van der Waals surface area contributed by atoms with Crippen LogP contribution in [0.2, 0.25) is 0 Å². The summed E-state index contributed by atoms with van der Waals surface area (Å²) in [6.45, 7) is 5.09. The Morgan fingerprint density at radius 1 is 1.24 bits per heavy atom. The van der Waals surface area contributed by atoms with E-state index in [1.807, 2.05) is 0 Å². The van der Waals surface area contributed by atoms with E-state index in [4.69, 9.17) is 5.73 Å². The minimum Gasteiger partial charge on any atom is -0.406 e. The smallest absolute Gasteiger partial charge is 0.406 e. The lowest BCUT2D eigenvalue weighted by molar-refractivity contribution is -0.274. The molecule has 0 bridgehead atoms. The quantitative estimate of drug-likeness (QED) is 0.603. The van der Waals surface area contributed by atoms with Crippen LogP contribution in [0.1, 0.15) is 32.6 Å². The normalized spacial score (nSPS) is 18.0. The van der Waals surface area contributed by atoms with Crippen LogP contribution in [-0.2, 0) is 0 Å². The topological polar surface area (TPSA) is 62.9 Å². The molecule has 0 radical (unpaired) electrons. The average molecular weight is 358 g/mol. The van der Waals surface area contributed by atoms with Crippen molar-refractivity contribution in [2.24, 2.45) is 10.7 Å². The first-order chi connectivity index (χ1) is 11.8. The molecule has 1 atom stereocenters. The largest absolute Gasteiger partial charge is 0.573 e. The van der Waals surface area contributed by atoms with Gasteiger partial charge in [0.2, 0.25) is 0 Å². The van der Waals surface area contributed by atoms with Crippen molar-refractivity contribution in [2.45, 2.75) is 45.0 Å². The number of likely N-dealkylation sites (tertiary alicyclic amines) is 1. The monoisotopic (exact) mass is 358 g/mol. The molecule has 8 heteroatoms. The lowest BCUT2D eigenvalue weighted by Crippen LogP contribution is -2.37. The predicted molar refractivity (Wildman–Crippen MR) is 92.7 cm³/mol. The van der Waals surface area contributed by atoms with Gasteiger partial charge >= 0.3 is 6.36 Å². The van der Waals surface area contributed by atoms with Gasteiger partial charge in [-0.05, 0) is 63.5 Å². The van der Waals surface area contributed by atoms with E-state index in [1.165, 1.54) is 43.5 Å². The zero-order chi connectivity index (χ0) is 18.3. The first-order valence-electron chi connectivity index (χ1n) is 8.50. The maximum atomic E-state index is 12.1. The number of guanidine groups is 1. The number of ether oxygens (including phenoxy) is 1. The molecule has 1 fully saturated rings. The Hall–Kier alpha value is -1.96. The van der Waals surface area contributed by atoms with Crippen molar-refractivity contribution in [1.82, 2.24) is 4.90 Å². The van der Waals surface area contributed by atoms with Crippen LogP contribution in [0.25, 0.3) is 0 Å². The molecule has 0 aliphatic carbocycles. The molecule has 0 spiro atoms. The van der Waals surface area contributed by atoms with E-state index < -0.39 is 6.36 Å². The first kappa shape index (κ1) is 19.4. The van der Waals surface area contributed by atoms with Crippen molar-refractivity contribution in [1.29, 1.82) is 0 Å². The van der Waals surface area contributed by atoms with Gasteiger partial charge in [0.05, 0.1) is 0 Å². The van der Waals surface area contributed by atoms with Gasteiger partial charge < -0.3 is 20.7 Å². The molecule has 0 saturated carbocycles. The van der Waals surface area contributed by atoms with Crippen LogP contribution >= 0.6 is 0 Å². The predicted octanol–water partition coefficient (Wildman–Crippen LogP) is 3.58.